The second-order valence-electron chi connectivity index (χ2n) is 8.23. The van der Waals surface area contributed by atoms with E-state index >= 15 is 0 Å². The molecule has 178 valence electrons. The van der Waals surface area contributed by atoms with Crippen molar-refractivity contribution in [3.8, 4) is 0 Å². The maximum Gasteiger partial charge on any atom is 0.379 e. The fourth-order valence-corrected chi connectivity index (χ4v) is 3.55. The zero-order valence-electron chi connectivity index (χ0n) is 18.9. The number of esters is 2. The number of hydrogen-bond donors (Lipinski definition) is 2. The van der Waals surface area contributed by atoms with Crippen LogP contribution in [0.3, 0.4) is 0 Å². The van der Waals surface area contributed by atoms with Gasteiger partial charge in [0.1, 0.15) is 6.10 Å². The van der Waals surface area contributed by atoms with Gasteiger partial charge >= 0.3 is 11.9 Å². The summed E-state index contributed by atoms with van der Waals surface area (Å²) in [7, 11) is 0. The van der Waals surface area contributed by atoms with Crippen LogP contribution in [0.5, 0.6) is 0 Å². The Morgan fingerprint density at radius 2 is 1.52 bits per heavy atom. The van der Waals surface area contributed by atoms with Crippen LogP contribution in [0.4, 0.5) is 0 Å². The average molecular weight is 441 g/mol. The summed E-state index contributed by atoms with van der Waals surface area (Å²) < 4.78 is 9.72. The maximum absolute atomic E-state index is 11.9. The van der Waals surface area contributed by atoms with Gasteiger partial charge in [-0.1, -0.05) is 70.4 Å². The molecule has 0 amide bonds. The van der Waals surface area contributed by atoms with Gasteiger partial charge in [0.05, 0.1) is 6.61 Å². The molecule has 1 heterocycles. The van der Waals surface area contributed by atoms with E-state index in [-0.39, 0.29) is 6.42 Å². The number of rotatable bonds is 18. The third-order valence-electron chi connectivity index (χ3n) is 5.47. The van der Waals surface area contributed by atoms with Crippen LogP contribution in [-0.4, -0.2) is 52.9 Å². The Hall–Kier alpha value is -1.73. The molecule has 7 heteroatoms. The quantitative estimate of drug-likeness (QED) is 0.144. The SMILES string of the molecule is CCCCCCCCC=CCCCCCCCC(=O)OC1C(=O)C(=O)O[C@@H]1[C@@H](O)CO. The topological polar surface area (TPSA) is 110 Å². The molecule has 0 aromatic carbocycles. The molecule has 1 aliphatic rings. The Morgan fingerprint density at radius 1 is 0.968 bits per heavy atom. The standard InChI is InChI=1S/C24H40O7/c1-2-3-4-5-6-7-8-9-10-11-12-13-14-15-16-17-20(27)30-23-21(28)24(29)31-22(23)19(26)18-25/h9-10,19,22-23,25-26H,2-8,11-18H2,1H3/t19-,22+,23?/m0/s1. The van der Waals surface area contributed by atoms with Crippen LogP contribution in [-0.2, 0) is 23.9 Å². The van der Waals surface area contributed by atoms with E-state index in [0.29, 0.717) is 6.42 Å². The lowest BCUT2D eigenvalue weighted by Gasteiger charge is -2.20. The largest absolute Gasteiger partial charge is 0.450 e. The Balaban J connectivity index is 2.03. The third-order valence-corrected chi connectivity index (χ3v) is 5.47. The molecule has 7 nitrogen and oxygen atoms in total. The molecule has 0 aromatic rings. The Labute approximate surface area is 186 Å². The van der Waals surface area contributed by atoms with E-state index in [9.17, 15) is 19.5 Å². The van der Waals surface area contributed by atoms with Gasteiger partial charge in [-0.2, -0.15) is 0 Å². The van der Waals surface area contributed by atoms with E-state index < -0.39 is 42.6 Å². The number of hydrogen-bond acceptors (Lipinski definition) is 7. The van der Waals surface area contributed by atoms with Crippen molar-refractivity contribution in [1.82, 2.24) is 0 Å². The lowest BCUT2D eigenvalue weighted by molar-refractivity contribution is -0.160. The van der Waals surface area contributed by atoms with Crippen LogP contribution >= 0.6 is 0 Å². The summed E-state index contributed by atoms with van der Waals surface area (Å²) in [6.45, 7) is 1.53. The van der Waals surface area contributed by atoms with Crippen molar-refractivity contribution >= 4 is 17.7 Å². The van der Waals surface area contributed by atoms with Crippen LogP contribution in [0, 0.1) is 0 Å². The summed E-state index contributed by atoms with van der Waals surface area (Å²) in [5.74, 6) is -2.77. The number of aliphatic hydroxyl groups is 2. The highest BCUT2D eigenvalue weighted by Crippen LogP contribution is 2.20. The van der Waals surface area contributed by atoms with Crippen molar-refractivity contribution in [3.63, 3.8) is 0 Å². The number of cyclic esters (lactones) is 1. The summed E-state index contributed by atoms with van der Waals surface area (Å²) in [6.07, 6.45) is 15.4. The molecule has 0 radical (unpaired) electrons. The first-order chi connectivity index (χ1) is 15.0. The number of aliphatic hydroxyl groups excluding tert-OH is 2. The van der Waals surface area contributed by atoms with Gasteiger partial charge < -0.3 is 19.7 Å². The summed E-state index contributed by atoms with van der Waals surface area (Å²) in [4.78, 5) is 35.0. The number of carbonyl (C=O) groups is 3. The smallest absolute Gasteiger partial charge is 0.379 e. The van der Waals surface area contributed by atoms with Gasteiger partial charge in [0, 0.05) is 6.42 Å². The first-order valence-corrected chi connectivity index (χ1v) is 11.9. The second-order valence-corrected chi connectivity index (χ2v) is 8.23. The van der Waals surface area contributed by atoms with Gasteiger partial charge in [-0.25, -0.2) is 4.79 Å². The number of allylic oxidation sites excluding steroid dienone is 2. The van der Waals surface area contributed by atoms with E-state index in [4.69, 9.17) is 9.84 Å². The molecule has 0 saturated carbocycles. The van der Waals surface area contributed by atoms with Crippen molar-refractivity contribution in [2.24, 2.45) is 0 Å². The number of unbranched alkanes of at least 4 members (excludes halogenated alkanes) is 11. The molecule has 1 fully saturated rings. The molecule has 0 spiro atoms. The third kappa shape index (κ3) is 11.5. The predicted molar refractivity (Wildman–Crippen MR) is 117 cm³/mol. The normalized spacial score (nSPS) is 19.7. The fourth-order valence-electron chi connectivity index (χ4n) is 3.55. The lowest BCUT2D eigenvalue weighted by atomic mass is 10.1. The molecule has 0 aliphatic carbocycles. The zero-order chi connectivity index (χ0) is 22.9. The molecule has 2 N–H and O–H groups in total. The van der Waals surface area contributed by atoms with Crippen LogP contribution in [0.1, 0.15) is 96.8 Å². The van der Waals surface area contributed by atoms with Gasteiger partial charge in [-0.15, -0.1) is 0 Å². The minimum absolute atomic E-state index is 0.137. The predicted octanol–water partition coefficient (Wildman–Crippen LogP) is 3.78. The van der Waals surface area contributed by atoms with Crippen molar-refractivity contribution < 1.29 is 34.1 Å². The number of carbonyl (C=O) groups excluding carboxylic acids is 3. The van der Waals surface area contributed by atoms with Gasteiger partial charge in [0.2, 0.25) is 6.10 Å². The molecule has 1 saturated heterocycles. The fraction of sp³-hybridized carbons (Fsp3) is 0.792. The monoisotopic (exact) mass is 440 g/mol. The second kappa shape index (κ2) is 16.9. The number of ether oxygens (including phenoxy) is 2. The molecule has 0 aromatic heterocycles. The Morgan fingerprint density at radius 3 is 2.10 bits per heavy atom. The highest BCUT2D eigenvalue weighted by atomic mass is 16.6. The summed E-state index contributed by atoms with van der Waals surface area (Å²) >= 11 is 0. The Bertz CT molecular complexity index is 558. The van der Waals surface area contributed by atoms with Crippen LogP contribution in [0.2, 0.25) is 0 Å². The van der Waals surface area contributed by atoms with Gasteiger partial charge in [0.15, 0.2) is 6.10 Å². The first kappa shape index (κ1) is 27.3. The van der Waals surface area contributed by atoms with E-state index in [0.717, 1.165) is 32.1 Å². The zero-order valence-corrected chi connectivity index (χ0v) is 18.9. The minimum atomic E-state index is -1.48. The van der Waals surface area contributed by atoms with Crippen molar-refractivity contribution in [2.45, 2.75) is 115 Å². The van der Waals surface area contributed by atoms with Crippen molar-refractivity contribution in [1.29, 1.82) is 0 Å². The first-order valence-electron chi connectivity index (χ1n) is 11.9. The maximum atomic E-state index is 11.9. The molecule has 0 bridgehead atoms. The molecule has 31 heavy (non-hydrogen) atoms. The summed E-state index contributed by atoms with van der Waals surface area (Å²) in [6, 6.07) is 0. The van der Waals surface area contributed by atoms with E-state index in [1.165, 1.54) is 44.9 Å². The number of ketones is 1. The van der Waals surface area contributed by atoms with Gasteiger partial charge in [-0.3, -0.25) is 9.59 Å². The van der Waals surface area contributed by atoms with Gasteiger partial charge in [0.25, 0.3) is 5.78 Å². The van der Waals surface area contributed by atoms with Gasteiger partial charge in [-0.05, 0) is 32.1 Å². The van der Waals surface area contributed by atoms with E-state index in [2.05, 4.69) is 23.8 Å². The van der Waals surface area contributed by atoms with Crippen LogP contribution < -0.4 is 0 Å². The average Bonchev–Trinajstić information content (AvgIpc) is 3.04. The van der Waals surface area contributed by atoms with E-state index in [1.54, 1.807) is 0 Å². The molecule has 3 atom stereocenters. The molecule has 1 unspecified atom stereocenters. The summed E-state index contributed by atoms with van der Waals surface area (Å²) in [5.41, 5.74) is 0. The Kier molecular flexibility index (Phi) is 14.9. The molecular formula is C24H40O7. The highest BCUT2D eigenvalue weighted by molar-refractivity contribution is 6.37. The minimum Gasteiger partial charge on any atom is -0.450 e. The lowest BCUT2D eigenvalue weighted by Crippen LogP contribution is -2.41. The highest BCUT2D eigenvalue weighted by Gasteiger charge is 2.49. The van der Waals surface area contributed by atoms with E-state index in [1.807, 2.05) is 0 Å². The van der Waals surface area contributed by atoms with Crippen LogP contribution in [0.25, 0.3) is 0 Å². The number of Topliss-reactive ketones (excluding diaryl/α,β-unsaturated/α-hetero) is 1. The van der Waals surface area contributed by atoms with Crippen molar-refractivity contribution in [3.05, 3.63) is 12.2 Å². The molecular weight excluding hydrogens is 400 g/mol. The molecule has 1 aliphatic heterocycles. The van der Waals surface area contributed by atoms with Crippen molar-refractivity contribution in [2.75, 3.05) is 6.61 Å². The molecule has 1 rings (SSSR count). The van der Waals surface area contributed by atoms with Crippen LogP contribution in [0.15, 0.2) is 12.2 Å². The summed E-state index contributed by atoms with van der Waals surface area (Å²) in [5, 5.41) is 18.6.